The molecule has 98 valence electrons. The summed E-state index contributed by atoms with van der Waals surface area (Å²) in [6.45, 7) is 3.94. The molecule has 0 saturated carbocycles. The van der Waals surface area contributed by atoms with Gasteiger partial charge in [0.05, 0.1) is 14.2 Å². The molecular formula is C13H17NO4. The van der Waals surface area contributed by atoms with Crippen molar-refractivity contribution in [1.82, 2.24) is 5.06 Å². The molecule has 0 saturated heterocycles. The molecule has 1 amide bonds. The molecule has 0 bridgehead atoms. The molecule has 1 aromatic carbocycles. The van der Waals surface area contributed by atoms with Crippen molar-refractivity contribution in [3.05, 3.63) is 36.4 Å². The SMILES string of the molecule is C=CCOc1ccc(C(=O)N(C)OC)cc1OC. The molecule has 0 radical (unpaired) electrons. The summed E-state index contributed by atoms with van der Waals surface area (Å²) in [7, 11) is 4.48. The average Bonchev–Trinajstić information content (AvgIpc) is 2.43. The van der Waals surface area contributed by atoms with Gasteiger partial charge >= 0.3 is 0 Å². The van der Waals surface area contributed by atoms with Crippen molar-refractivity contribution in [3.8, 4) is 11.5 Å². The number of nitrogens with zero attached hydrogens (tertiary/aromatic N) is 1. The topological polar surface area (TPSA) is 48.0 Å². The lowest BCUT2D eigenvalue weighted by atomic mass is 10.2. The van der Waals surface area contributed by atoms with E-state index < -0.39 is 0 Å². The zero-order valence-corrected chi connectivity index (χ0v) is 10.8. The average molecular weight is 251 g/mol. The molecule has 0 aliphatic rings. The minimum absolute atomic E-state index is 0.258. The van der Waals surface area contributed by atoms with Gasteiger partial charge in [0.25, 0.3) is 5.91 Å². The molecule has 1 rings (SSSR count). The summed E-state index contributed by atoms with van der Waals surface area (Å²) < 4.78 is 10.6. The highest BCUT2D eigenvalue weighted by Gasteiger charge is 2.14. The van der Waals surface area contributed by atoms with Gasteiger partial charge in [0, 0.05) is 12.6 Å². The lowest BCUT2D eigenvalue weighted by molar-refractivity contribution is -0.0757. The molecule has 0 spiro atoms. The number of methoxy groups -OCH3 is 1. The standard InChI is InChI=1S/C13H17NO4/c1-5-8-18-11-7-6-10(9-12(11)16-3)13(15)14(2)17-4/h5-7,9H,1,8H2,2-4H3. The van der Waals surface area contributed by atoms with Crippen molar-refractivity contribution in [2.24, 2.45) is 0 Å². The highest BCUT2D eigenvalue weighted by atomic mass is 16.7. The Balaban J connectivity index is 2.97. The van der Waals surface area contributed by atoms with Gasteiger partial charge in [-0.05, 0) is 18.2 Å². The normalized spacial score (nSPS) is 9.72. The van der Waals surface area contributed by atoms with Gasteiger partial charge in [-0.15, -0.1) is 0 Å². The fourth-order valence-electron chi connectivity index (χ4n) is 1.33. The predicted octanol–water partition coefficient (Wildman–Crippen LogP) is 1.89. The van der Waals surface area contributed by atoms with Crippen molar-refractivity contribution < 1.29 is 19.1 Å². The number of ether oxygens (including phenoxy) is 2. The van der Waals surface area contributed by atoms with Crippen LogP contribution < -0.4 is 9.47 Å². The third kappa shape index (κ3) is 3.24. The molecule has 0 fully saturated rings. The number of amides is 1. The van der Waals surface area contributed by atoms with Gasteiger partial charge in [-0.25, -0.2) is 5.06 Å². The first-order valence-electron chi connectivity index (χ1n) is 5.38. The van der Waals surface area contributed by atoms with Crippen LogP contribution in [0, 0.1) is 0 Å². The second-order valence-electron chi connectivity index (χ2n) is 3.45. The van der Waals surface area contributed by atoms with Gasteiger partial charge in [-0.3, -0.25) is 9.63 Å². The Labute approximate surface area is 107 Å². The number of hydrogen-bond donors (Lipinski definition) is 0. The smallest absolute Gasteiger partial charge is 0.277 e. The van der Waals surface area contributed by atoms with Crippen LogP contribution in [0.5, 0.6) is 11.5 Å². The highest BCUT2D eigenvalue weighted by Crippen LogP contribution is 2.28. The summed E-state index contributed by atoms with van der Waals surface area (Å²) in [5.41, 5.74) is 0.460. The van der Waals surface area contributed by atoms with Crippen LogP contribution in [0.2, 0.25) is 0 Å². The Hall–Kier alpha value is -2.01. The van der Waals surface area contributed by atoms with Gasteiger partial charge in [0.15, 0.2) is 11.5 Å². The zero-order valence-electron chi connectivity index (χ0n) is 10.8. The van der Waals surface area contributed by atoms with Gasteiger partial charge in [0.2, 0.25) is 0 Å². The van der Waals surface area contributed by atoms with Crippen molar-refractivity contribution >= 4 is 5.91 Å². The van der Waals surface area contributed by atoms with Crippen LogP contribution >= 0.6 is 0 Å². The molecule has 1 aromatic rings. The largest absolute Gasteiger partial charge is 0.493 e. The van der Waals surface area contributed by atoms with Crippen LogP contribution in [0.15, 0.2) is 30.9 Å². The van der Waals surface area contributed by atoms with E-state index in [0.717, 1.165) is 5.06 Å². The molecule has 5 heteroatoms. The number of carbonyl (C=O) groups excluding carboxylic acids is 1. The first-order chi connectivity index (χ1) is 8.63. The van der Waals surface area contributed by atoms with Crippen LogP contribution in [0.1, 0.15) is 10.4 Å². The monoisotopic (exact) mass is 251 g/mol. The predicted molar refractivity (Wildman–Crippen MR) is 67.8 cm³/mol. The van der Waals surface area contributed by atoms with E-state index in [0.29, 0.717) is 23.7 Å². The third-order valence-corrected chi connectivity index (χ3v) is 2.33. The third-order valence-electron chi connectivity index (χ3n) is 2.33. The Morgan fingerprint density at radius 2 is 2.11 bits per heavy atom. The van der Waals surface area contributed by atoms with E-state index in [-0.39, 0.29) is 5.91 Å². The van der Waals surface area contributed by atoms with E-state index >= 15 is 0 Å². The van der Waals surface area contributed by atoms with Gasteiger partial charge in [-0.1, -0.05) is 12.7 Å². The summed E-state index contributed by atoms with van der Waals surface area (Å²) in [6.07, 6.45) is 1.64. The van der Waals surface area contributed by atoms with Crippen molar-refractivity contribution in [2.75, 3.05) is 27.9 Å². The zero-order chi connectivity index (χ0) is 13.5. The van der Waals surface area contributed by atoms with Crippen molar-refractivity contribution in [2.45, 2.75) is 0 Å². The second kappa shape index (κ2) is 6.66. The van der Waals surface area contributed by atoms with E-state index in [1.54, 1.807) is 24.3 Å². The second-order valence-corrected chi connectivity index (χ2v) is 3.45. The molecule has 0 aromatic heterocycles. The maximum absolute atomic E-state index is 11.9. The molecule has 0 unspecified atom stereocenters. The Morgan fingerprint density at radius 3 is 2.67 bits per heavy atom. The molecule has 0 aliphatic carbocycles. The van der Waals surface area contributed by atoms with E-state index in [1.807, 2.05) is 0 Å². The van der Waals surface area contributed by atoms with Crippen LogP contribution in [0.3, 0.4) is 0 Å². The van der Waals surface area contributed by atoms with Gasteiger partial charge in [-0.2, -0.15) is 0 Å². The summed E-state index contributed by atoms with van der Waals surface area (Å²) in [5.74, 6) is 0.798. The fraction of sp³-hybridized carbons (Fsp3) is 0.308. The molecule has 18 heavy (non-hydrogen) atoms. The first-order valence-corrected chi connectivity index (χ1v) is 5.38. The van der Waals surface area contributed by atoms with Crippen LogP contribution in [0.25, 0.3) is 0 Å². The number of rotatable bonds is 6. The summed E-state index contributed by atoms with van der Waals surface area (Å²) >= 11 is 0. The summed E-state index contributed by atoms with van der Waals surface area (Å²) in [5, 5.41) is 1.14. The molecule has 0 heterocycles. The van der Waals surface area contributed by atoms with E-state index in [2.05, 4.69) is 6.58 Å². The summed E-state index contributed by atoms with van der Waals surface area (Å²) in [4.78, 5) is 16.7. The number of carbonyl (C=O) groups is 1. The minimum atomic E-state index is -0.258. The minimum Gasteiger partial charge on any atom is -0.493 e. The molecule has 0 atom stereocenters. The van der Waals surface area contributed by atoms with Crippen LogP contribution in [-0.4, -0.2) is 38.8 Å². The number of benzene rings is 1. The lowest BCUT2D eigenvalue weighted by Gasteiger charge is -2.15. The quantitative estimate of drug-likeness (QED) is 0.572. The van der Waals surface area contributed by atoms with Gasteiger partial charge < -0.3 is 9.47 Å². The Bertz CT molecular complexity index is 431. The van der Waals surface area contributed by atoms with E-state index in [4.69, 9.17) is 14.3 Å². The molecule has 5 nitrogen and oxygen atoms in total. The lowest BCUT2D eigenvalue weighted by Crippen LogP contribution is -2.25. The fourth-order valence-corrected chi connectivity index (χ4v) is 1.33. The van der Waals surface area contributed by atoms with Crippen LogP contribution in [0.4, 0.5) is 0 Å². The Morgan fingerprint density at radius 1 is 1.39 bits per heavy atom. The number of hydrogen-bond acceptors (Lipinski definition) is 4. The number of hydroxylamine groups is 2. The van der Waals surface area contributed by atoms with Crippen molar-refractivity contribution in [1.29, 1.82) is 0 Å². The molecule has 0 N–H and O–H groups in total. The maximum atomic E-state index is 11.9. The van der Waals surface area contributed by atoms with Gasteiger partial charge in [0.1, 0.15) is 6.61 Å². The summed E-state index contributed by atoms with van der Waals surface area (Å²) in [6, 6.07) is 4.94. The molecule has 0 aliphatic heterocycles. The maximum Gasteiger partial charge on any atom is 0.277 e. The van der Waals surface area contributed by atoms with Crippen molar-refractivity contribution in [3.63, 3.8) is 0 Å². The first kappa shape index (κ1) is 14.1. The van der Waals surface area contributed by atoms with Crippen LogP contribution in [-0.2, 0) is 4.84 Å². The van der Waals surface area contributed by atoms with E-state index in [9.17, 15) is 4.79 Å². The molecular weight excluding hydrogens is 234 g/mol. The Kier molecular flexibility index (Phi) is 5.20. The highest BCUT2D eigenvalue weighted by molar-refractivity contribution is 5.94. The van der Waals surface area contributed by atoms with E-state index in [1.165, 1.54) is 21.3 Å².